The van der Waals surface area contributed by atoms with Gasteiger partial charge in [0, 0.05) is 18.8 Å². The van der Waals surface area contributed by atoms with Crippen LogP contribution in [0, 0.1) is 12.9 Å². The lowest BCUT2D eigenvalue weighted by atomic mass is 10.1. The van der Waals surface area contributed by atoms with E-state index in [2.05, 4.69) is 4.98 Å². The molecule has 0 amide bonds. The van der Waals surface area contributed by atoms with Gasteiger partial charge in [-0.2, -0.15) is 4.39 Å². The summed E-state index contributed by atoms with van der Waals surface area (Å²) in [5.41, 5.74) is 12.6. The predicted octanol–water partition coefficient (Wildman–Crippen LogP) is 0.488. The SMILES string of the molecule is Cc1cc(F)ncc1C(N)CN. The van der Waals surface area contributed by atoms with E-state index in [0.29, 0.717) is 6.54 Å². The minimum Gasteiger partial charge on any atom is -0.329 e. The van der Waals surface area contributed by atoms with Crippen LogP contribution in [0.25, 0.3) is 0 Å². The second-order valence-electron chi connectivity index (χ2n) is 2.71. The van der Waals surface area contributed by atoms with E-state index in [1.165, 1.54) is 12.3 Å². The number of rotatable bonds is 2. The average Bonchev–Trinajstić information content (AvgIpc) is 2.03. The standard InChI is InChI=1S/C8H12FN3/c1-5-2-8(9)12-4-6(5)7(11)3-10/h2,4,7H,3,10-11H2,1H3. The van der Waals surface area contributed by atoms with E-state index in [0.717, 1.165) is 11.1 Å². The molecule has 66 valence electrons. The molecule has 3 nitrogen and oxygen atoms in total. The molecule has 0 radical (unpaired) electrons. The summed E-state index contributed by atoms with van der Waals surface area (Å²) in [6, 6.07) is 1.10. The first-order chi connectivity index (χ1) is 5.65. The molecular weight excluding hydrogens is 157 g/mol. The predicted molar refractivity (Wildman–Crippen MR) is 44.9 cm³/mol. The summed E-state index contributed by atoms with van der Waals surface area (Å²) in [4.78, 5) is 3.51. The Balaban J connectivity index is 3.01. The van der Waals surface area contributed by atoms with Gasteiger partial charge in [-0.1, -0.05) is 0 Å². The maximum atomic E-state index is 12.5. The van der Waals surface area contributed by atoms with Crippen LogP contribution in [0.4, 0.5) is 4.39 Å². The zero-order chi connectivity index (χ0) is 9.14. The minimum atomic E-state index is -0.486. The molecule has 1 aromatic rings. The second kappa shape index (κ2) is 3.60. The van der Waals surface area contributed by atoms with Gasteiger partial charge in [0.2, 0.25) is 5.95 Å². The lowest BCUT2D eigenvalue weighted by Crippen LogP contribution is -2.21. The number of aryl methyl sites for hydroxylation is 1. The van der Waals surface area contributed by atoms with Crippen LogP contribution in [0.15, 0.2) is 12.3 Å². The van der Waals surface area contributed by atoms with E-state index in [1.54, 1.807) is 6.92 Å². The maximum absolute atomic E-state index is 12.5. The van der Waals surface area contributed by atoms with Crippen LogP contribution in [0.3, 0.4) is 0 Å². The molecule has 0 aliphatic carbocycles. The molecule has 1 unspecified atom stereocenters. The number of aromatic nitrogens is 1. The molecule has 1 atom stereocenters. The number of nitrogens with two attached hydrogens (primary N) is 2. The summed E-state index contributed by atoms with van der Waals surface area (Å²) < 4.78 is 12.5. The van der Waals surface area contributed by atoms with Crippen molar-refractivity contribution in [3.63, 3.8) is 0 Å². The van der Waals surface area contributed by atoms with Crippen LogP contribution < -0.4 is 11.5 Å². The minimum absolute atomic E-state index is 0.252. The van der Waals surface area contributed by atoms with Gasteiger partial charge in [0.1, 0.15) is 0 Å². The molecule has 12 heavy (non-hydrogen) atoms. The van der Waals surface area contributed by atoms with Crippen molar-refractivity contribution in [2.24, 2.45) is 11.5 Å². The summed E-state index contributed by atoms with van der Waals surface area (Å²) in [5.74, 6) is -0.486. The highest BCUT2D eigenvalue weighted by Gasteiger charge is 2.07. The molecule has 1 rings (SSSR count). The van der Waals surface area contributed by atoms with Crippen LogP contribution in [0.1, 0.15) is 17.2 Å². The first kappa shape index (κ1) is 9.09. The third-order valence-electron chi connectivity index (χ3n) is 1.77. The third-order valence-corrected chi connectivity index (χ3v) is 1.77. The fourth-order valence-corrected chi connectivity index (χ4v) is 1.05. The zero-order valence-corrected chi connectivity index (χ0v) is 6.92. The third kappa shape index (κ3) is 1.78. The second-order valence-corrected chi connectivity index (χ2v) is 2.71. The lowest BCUT2D eigenvalue weighted by molar-refractivity contribution is 0.577. The fourth-order valence-electron chi connectivity index (χ4n) is 1.05. The Morgan fingerprint density at radius 2 is 2.33 bits per heavy atom. The first-order valence-corrected chi connectivity index (χ1v) is 3.73. The van der Waals surface area contributed by atoms with Gasteiger partial charge in [0.25, 0.3) is 0 Å². The smallest absolute Gasteiger partial charge is 0.213 e. The van der Waals surface area contributed by atoms with E-state index in [-0.39, 0.29) is 6.04 Å². The van der Waals surface area contributed by atoms with Crippen LogP contribution in [-0.2, 0) is 0 Å². The maximum Gasteiger partial charge on any atom is 0.213 e. The number of hydrogen-bond donors (Lipinski definition) is 2. The number of hydrogen-bond acceptors (Lipinski definition) is 3. The average molecular weight is 169 g/mol. The van der Waals surface area contributed by atoms with Crippen molar-refractivity contribution in [3.8, 4) is 0 Å². The Bertz CT molecular complexity index is 275. The van der Waals surface area contributed by atoms with Gasteiger partial charge in [-0.3, -0.25) is 0 Å². The van der Waals surface area contributed by atoms with E-state index in [9.17, 15) is 4.39 Å². The van der Waals surface area contributed by atoms with Crippen molar-refractivity contribution in [2.45, 2.75) is 13.0 Å². The van der Waals surface area contributed by atoms with Crippen LogP contribution >= 0.6 is 0 Å². The monoisotopic (exact) mass is 169 g/mol. The summed E-state index contributed by atoms with van der Waals surface area (Å²) in [6.45, 7) is 2.13. The summed E-state index contributed by atoms with van der Waals surface area (Å²) >= 11 is 0. The Kier molecular flexibility index (Phi) is 2.73. The first-order valence-electron chi connectivity index (χ1n) is 3.73. The van der Waals surface area contributed by atoms with Crippen molar-refractivity contribution < 1.29 is 4.39 Å². The van der Waals surface area contributed by atoms with Crippen molar-refractivity contribution >= 4 is 0 Å². The van der Waals surface area contributed by atoms with Crippen molar-refractivity contribution in [3.05, 3.63) is 29.3 Å². The van der Waals surface area contributed by atoms with Crippen molar-refractivity contribution in [1.29, 1.82) is 0 Å². The molecule has 0 spiro atoms. The molecule has 1 aromatic heterocycles. The number of halogens is 1. The van der Waals surface area contributed by atoms with E-state index in [1.807, 2.05) is 0 Å². The highest BCUT2D eigenvalue weighted by atomic mass is 19.1. The van der Waals surface area contributed by atoms with E-state index >= 15 is 0 Å². The molecule has 0 aliphatic heterocycles. The van der Waals surface area contributed by atoms with Gasteiger partial charge in [-0.25, -0.2) is 4.98 Å². The summed E-state index contributed by atoms with van der Waals surface area (Å²) in [6.07, 6.45) is 1.43. The van der Waals surface area contributed by atoms with Gasteiger partial charge in [0.15, 0.2) is 0 Å². The zero-order valence-electron chi connectivity index (χ0n) is 6.92. The quantitative estimate of drug-likeness (QED) is 0.633. The molecule has 4 heteroatoms. The molecule has 1 heterocycles. The van der Waals surface area contributed by atoms with Gasteiger partial charge in [-0.15, -0.1) is 0 Å². The molecule has 0 fully saturated rings. The van der Waals surface area contributed by atoms with Crippen molar-refractivity contribution in [1.82, 2.24) is 4.98 Å². The highest BCUT2D eigenvalue weighted by molar-refractivity contribution is 5.25. The largest absolute Gasteiger partial charge is 0.329 e. The molecule has 0 aliphatic rings. The van der Waals surface area contributed by atoms with Gasteiger partial charge >= 0.3 is 0 Å². The number of pyridine rings is 1. The Labute approximate surface area is 70.6 Å². The van der Waals surface area contributed by atoms with Crippen molar-refractivity contribution in [2.75, 3.05) is 6.54 Å². The van der Waals surface area contributed by atoms with Gasteiger partial charge < -0.3 is 11.5 Å². The van der Waals surface area contributed by atoms with Gasteiger partial charge in [0.05, 0.1) is 0 Å². The summed E-state index contributed by atoms with van der Waals surface area (Å²) in [7, 11) is 0. The summed E-state index contributed by atoms with van der Waals surface area (Å²) in [5, 5.41) is 0. The normalized spacial score (nSPS) is 13.0. The molecular formula is C8H12FN3. The van der Waals surface area contributed by atoms with Crippen LogP contribution in [0.5, 0.6) is 0 Å². The Hall–Kier alpha value is -1.00. The van der Waals surface area contributed by atoms with Crippen LogP contribution in [0.2, 0.25) is 0 Å². The molecule has 0 bridgehead atoms. The van der Waals surface area contributed by atoms with E-state index < -0.39 is 5.95 Å². The van der Waals surface area contributed by atoms with E-state index in [4.69, 9.17) is 11.5 Å². The molecule has 4 N–H and O–H groups in total. The van der Waals surface area contributed by atoms with Crippen LogP contribution in [-0.4, -0.2) is 11.5 Å². The topological polar surface area (TPSA) is 64.9 Å². The molecule has 0 aromatic carbocycles. The number of nitrogens with zero attached hydrogens (tertiary/aromatic N) is 1. The lowest BCUT2D eigenvalue weighted by Gasteiger charge is -2.10. The fraction of sp³-hybridized carbons (Fsp3) is 0.375. The molecule has 0 saturated heterocycles. The Morgan fingerprint density at radius 3 is 2.83 bits per heavy atom. The highest BCUT2D eigenvalue weighted by Crippen LogP contribution is 2.13. The Morgan fingerprint density at radius 1 is 1.67 bits per heavy atom. The van der Waals surface area contributed by atoms with Gasteiger partial charge in [-0.05, 0) is 24.1 Å². The molecule has 0 saturated carbocycles.